The zero-order valence-corrected chi connectivity index (χ0v) is 11.7. The third-order valence-electron chi connectivity index (χ3n) is 2.80. The Bertz CT molecular complexity index is 653. The molecule has 0 radical (unpaired) electrons. The molecular formula is C14H14F3N3O2. The summed E-state index contributed by atoms with van der Waals surface area (Å²) >= 11 is 0. The first-order valence-corrected chi connectivity index (χ1v) is 6.49. The normalized spacial score (nSPS) is 11.3. The smallest absolute Gasteiger partial charge is 0.384 e. The van der Waals surface area contributed by atoms with E-state index in [-0.39, 0.29) is 30.4 Å². The molecule has 0 aliphatic rings. The maximum Gasteiger partial charge on any atom is 0.418 e. The lowest BCUT2D eigenvalue weighted by Gasteiger charge is -2.14. The van der Waals surface area contributed by atoms with E-state index < -0.39 is 11.7 Å². The van der Waals surface area contributed by atoms with Crippen molar-refractivity contribution in [3.05, 3.63) is 41.7 Å². The summed E-state index contributed by atoms with van der Waals surface area (Å²) in [5.74, 6) is 0.455. The Balaban J connectivity index is 1.87. The fourth-order valence-electron chi connectivity index (χ4n) is 1.83. The number of benzene rings is 1. The molecule has 8 heteroatoms. The van der Waals surface area contributed by atoms with Crippen LogP contribution in [0.2, 0.25) is 0 Å². The first-order chi connectivity index (χ1) is 10.4. The Labute approximate surface area is 124 Å². The molecule has 0 aliphatic heterocycles. The van der Waals surface area contributed by atoms with Gasteiger partial charge in [-0.2, -0.15) is 13.2 Å². The average molecular weight is 313 g/mol. The van der Waals surface area contributed by atoms with Crippen LogP contribution in [0.15, 0.2) is 34.9 Å². The standard InChI is InChI=1S/C14H14F3N3O2/c1-9-8-12(20-22-9)19-13(21)6-7-18-11-5-3-2-4-10(11)14(15,16)17/h2-5,8,18H,6-7H2,1H3,(H,19,20,21). The van der Waals surface area contributed by atoms with Gasteiger partial charge in [0, 0.05) is 24.7 Å². The van der Waals surface area contributed by atoms with Crippen LogP contribution in [0.5, 0.6) is 0 Å². The van der Waals surface area contributed by atoms with Gasteiger partial charge in [-0.3, -0.25) is 4.79 Å². The van der Waals surface area contributed by atoms with Crippen LogP contribution < -0.4 is 10.6 Å². The molecule has 0 unspecified atom stereocenters. The average Bonchev–Trinajstić information content (AvgIpc) is 2.83. The number of aryl methyl sites for hydroxylation is 1. The summed E-state index contributed by atoms with van der Waals surface area (Å²) in [4.78, 5) is 11.6. The van der Waals surface area contributed by atoms with Crippen LogP contribution >= 0.6 is 0 Å². The first-order valence-electron chi connectivity index (χ1n) is 6.49. The van der Waals surface area contributed by atoms with Crippen molar-refractivity contribution in [3.8, 4) is 0 Å². The molecule has 0 atom stereocenters. The maximum atomic E-state index is 12.8. The number of nitrogens with one attached hydrogen (secondary N) is 2. The molecule has 1 aromatic heterocycles. The highest BCUT2D eigenvalue weighted by Gasteiger charge is 2.32. The van der Waals surface area contributed by atoms with E-state index in [1.54, 1.807) is 13.0 Å². The van der Waals surface area contributed by atoms with Gasteiger partial charge in [-0.1, -0.05) is 17.3 Å². The predicted octanol–water partition coefficient (Wildman–Crippen LogP) is 3.44. The summed E-state index contributed by atoms with van der Waals surface area (Å²) in [7, 11) is 0. The van der Waals surface area contributed by atoms with E-state index in [0.29, 0.717) is 5.76 Å². The van der Waals surface area contributed by atoms with Gasteiger partial charge in [0.2, 0.25) is 5.91 Å². The van der Waals surface area contributed by atoms with Crippen molar-refractivity contribution >= 4 is 17.4 Å². The van der Waals surface area contributed by atoms with E-state index >= 15 is 0 Å². The van der Waals surface area contributed by atoms with Gasteiger partial charge < -0.3 is 15.2 Å². The zero-order chi connectivity index (χ0) is 16.2. The monoisotopic (exact) mass is 313 g/mol. The van der Waals surface area contributed by atoms with Gasteiger partial charge in [-0.15, -0.1) is 0 Å². The largest absolute Gasteiger partial charge is 0.418 e. The molecule has 1 amide bonds. The van der Waals surface area contributed by atoms with Crippen molar-refractivity contribution in [2.24, 2.45) is 0 Å². The van der Waals surface area contributed by atoms with Crippen LogP contribution in [0, 0.1) is 6.92 Å². The number of amides is 1. The number of para-hydroxylation sites is 1. The van der Waals surface area contributed by atoms with Gasteiger partial charge in [0.05, 0.1) is 5.56 Å². The Kier molecular flexibility index (Phi) is 4.69. The number of alkyl halides is 3. The number of hydrogen-bond acceptors (Lipinski definition) is 4. The Morgan fingerprint density at radius 1 is 1.32 bits per heavy atom. The SMILES string of the molecule is Cc1cc(NC(=O)CCNc2ccccc2C(F)(F)F)no1. The lowest BCUT2D eigenvalue weighted by molar-refractivity contribution is -0.137. The zero-order valence-electron chi connectivity index (χ0n) is 11.7. The minimum absolute atomic E-state index is 0.00189. The van der Waals surface area contributed by atoms with E-state index in [2.05, 4.69) is 15.8 Å². The third-order valence-corrected chi connectivity index (χ3v) is 2.80. The lowest BCUT2D eigenvalue weighted by atomic mass is 10.1. The minimum atomic E-state index is -4.44. The van der Waals surface area contributed by atoms with Crippen molar-refractivity contribution in [2.45, 2.75) is 19.5 Å². The molecule has 0 saturated carbocycles. The van der Waals surface area contributed by atoms with Crippen molar-refractivity contribution in [1.82, 2.24) is 5.16 Å². The van der Waals surface area contributed by atoms with E-state index in [0.717, 1.165) is 6.07 Å². The molecule has 2 aromatic rings. The van der Waals surface area contributed by atoms with Gasteiger partial charge in [0.15, 0.2) is 5.82 Å². The molecule has 0 spiro atoms. The van der Waals surface area contributed by atoms with Crippen LogP contribution in [0.3, 0.4) is 0 Å². The lowest BCUT2D eigenvalue weighted by Crippen LogP contribution is -2.18. The van der Waals surface area contributed by atoms with Crippen LogP contribution in [0.25, 0.3) is 0 Å². The highest BCUT2D eigenvalue weighted by atomic mass is 19.4. The molecule has 118 valence electrons. The molecule has 0 bridgehead atoms. The first kappa shape index (κ1) is 15.9. The highest BCUT2D eigenvalue weighted by Crippen LogP contribution is 2.34. The minimum Gasteiger partial charge on any atom is -0.384 e. The topological polar surface area (TPSA) is 67.2 Å². The summed E-state index contributed by atoms with van der Waals surface area (Å²) < 4.78 is 43.1. The van der Waals surface area contributed by atoms with Crippen LogP contribution in [0.4, 0.5) is 24.7 Å². The molecule has 22 heavy (non-hydrogen) atoms. The molecule has 2 N–H and O–H groups in total. The second-order valence-electron chi connectivity index (χ2n) is 4.59. The number of hydrogen-bond donors (Lipinski definition) is 2. The molecule has 1 aromatic carbocycles. The van der Waals surface area contributed by atoms with Crippen LogP contribution in [-0.2, 0) is 11.0 Å². The number of aromatic nitrogens is 1. The van der Waals surface area contributed by atoms with Crippen molar-refractivity contribution in [3.63, 3.8) is 0 Å². The van der Waals surface area contributed by atoms with Gasteiger partial charge in [0.25, 0.3) is 0 Å². The number of carbonyl (C=O) groups excluding carboxylic acids is 1. The highest BCUT2D eigenvalue weighted by molar-refractivity contribution is 5.90. The summed E-state index contributed by atoms with van der Waals surface area (Å²) in [6.45, 7) is 1.74. The van der Waals surface area contributed by atoms with Crippen LogP contribution in [-0.4, -0.2) is 17.6 Å². The van der Waals surface area contributed by atoms with Gasteiger partial charge in [0.1, 0.15) is 5.76 Å². The second-order valence-corrected chi connectivity index (χ2v) is 4.59. The quantitative estimate of drug-likeness (QED) is 0.887. The Hall–Kier alpha value is -2.51. The molecule has 0 saturated heterocycles. The van der Waals surface area contributed by atoms with E-state index in [9.17, 15) is 18.0 Å². The van der Waals surface area contributed by atoms with Gasteiger partial charge >= 0.3 is 6.18 Å². The predicted molar refractivity (Wildman–Crippen MR) is 74.4 cm³/mol. The number of nitrogens with zero attached hydrogens (tertiary/aromatic N) is 1. The molecule has 1 heterocycles. The molecule has 0 fully saturated rings. The Morgan fingerprint density at radius 3 is 2.68 bits per heavy atom. The van der Waals surface area contributed by atoms with Crippen molar-refractivity contribution in [2.75, 3.05) is 17.2 Å². The fraction of sp³-hybridized carbons (Fsp3) is 0.286. The van der Waals surface area contributed by atoms with Crippen molar-refractivity contribution < 1.29 is 22.5 Å². The summed E-state index contributed by atoms with van der Waals surface area (Å²) in [5.41, 5.74) is -0.817. The van der Waals surface area contributed by atoms with E-state index in [4.69, 9.17) is 4.52 Å². The van der Waals surface area contributed by atoms with Crippen molar-refractivity contribution in [1.29, 1.82) is 0 Å². The fourth-order valence-corrected chi connectivity index (χ4v) is 1.83. The summed E-state index contributed by atoms with van der Waals surface area (Å²) in [6.07, 6.45) is -4.44. The second kappa shape index (κ2) is 6.50. The number of rotatable bonds is 5. The Morgan fingerprint density at radius 2 is 2.05 bits per heavy atom. The number of halogens is 3. The van der Waals surface area contributed by atoms with E-state index in [1.165, 1.54) is 18.2 Å². The number of carbonyl (C=O) groups is 1. The van der Waals surface area contributed by atoms with Crippen LogP contribution in [0.1, 0.15) is 17.7 Å². The molecular weight excluding hydrogens is 299 g/mol. The van der Waals surface area contributed by atoms with Gasteiger partial charge in [-0.25, -0.2) is 0 Å². The third kappa shape index (κ3) is 4.24. The maximum absolute atomic E-state index is 12.8. The summed E-state index contributed by atoms with van der Waals surface area (Å²) in [5, 5.41) is 8.70. The van der Waals surface area contributed by atoms with Gasteiger partial charge in [-0.05, 0) is 19.1 Å². The molecule has 0 aliphatic carbocycles. The van der Waals surface area contributed by atoms with E-state index in [1.807, 2.05) is 0 Å². The number of anilines is 2. The summed E-state index contributed by atoms with van der Waals surface area (Å²) in [6, 6.07) is 6.66. The molecule has 2 rings (SSSR count). The molecule has 5 nitrogen and oxygen atoms in total.